The number of benzene rings is 2. The van der Waals surface area contributed by atoms with Gasteiger partial charge in [0.05, 0.1) is 21.7 Å². The molecule has 4 rings (SSSR count). The van der Waals surface area contributed by atoms with E-state index in [-0.39, 0.29) is 17.2 Å². The second-order valence-corrected chi connectivity index (χ2v) is 9.12. The van der Waals surface area contributed by atoms with Crippen molar-refractivity contribution in [3.05, 3.63) is 82.4 Å². The number of halogens is 4. The Morgan fingerprint density at radius 3 is 2.47 bits per heavy atom. The molecule has 36 heavy (non-hydrogen) atoms. The molecule has 0 fully saturated rings. The van der Waals surface area contributed by atoms with Crippen molar-refractivity contribution in [2.24, 2.45) is 0 Å². The first-order valence-electron chi connectivity index (χ1n) is 10.8. The van der Waals surface area contributed by atoms with Crippen LogP contribution in [0.2, 0.25) is 5.02 Å². The number of hydrogen-bond acceptors (Lipinski definition) is 4. The van der Waals surface area contributed by atoms with Gasteiger partial charge in [-0.05, 0) is 62.7 Å². The van der Waals surface area contributed by atoms with Crippen LogP contribution in [0.5, 0.6) is 0 Å². The third-order valence-electron chi connectivity index (χ3n) is 5.79. The number of anilines is 2. The molecule has 0 unspecified atom stereocenters. The maximum absolute atomic E-state index is 13.3. The topological polar surface area (TPSA) is 99.8 Å². The number of nitrogens with one attached hydrogen (secondary N) is 3. The molecule has 0 aliphatic carbocycles. The van der Waals surface area contributed by atoms with Gasteiger partial charge in [0, 0.05) is 28.5 Å². The van der Waals surface area contributed by atoms with E-state index in [2.05, 4.69) is 25.6 Å². The van der Waals surface area contributed by atoms with Gasteiger partial charge >= 0.3 is 6.18 Å². The number of aromatic nitrogens is 3. The van der Waals surface area contributed by atoms with E-state index in [0.29, 0.717) is 28.0 Å². The summed E-state index contributed by atoms with van der Waals surface area (Å²) in [6.07, 6.45) is -1.58. The van der Waals surface area contributed by atoms with Crippen LogP contribution >= 0.6 is 11.6 Å². The minimum Gasteiger partial charge on any atom is -0.346 e. The molecule has 186 valence electrons. The van der Waals surface area contributed by atoms with Crippen LogP contribution in [-0.2, 0) is 16.4 Å². The van der Waals surface area contributed by atoms with E-state index in [1.165, 1.54) is 24.5 Å². The number of alkyl halides is 3. The van der Waals surface area contributed by atoms with Crippen LogP contribution in [0, 0.1) is 6.92 Å². The molecule has 2 aromatic heterocycles. The van der Waals surface area contributed by atoms with Crippen molar-refractivity contribution in [2.45, 2.75) is 32.4 Å². The highest BCUT2D eigenvalue weighted by Gasteiger charge is 2.34. The Morgan fingerprint density at radius 2 is 1.75 bits per heavy atom. The third-order valence-corrected chi connectivity index (χ3v) is 6.12. The van der Waals surface area contributed by atoms with Gasteiger partial charge in [-0.3, -0.25) is 9.59 Å². The summed E-state index contributed by atoms with van der Waals surface area (Å²) in [5.41, 5.74) is 0.180. The molecule has 0 radical (unpaired) electrons. The lowest BCUT2D eigenvalue weighted by Crippen LogP contribution is -2.36. The largest absolute Gasteiger partial charge is 0.417 e. The summed E-state index contributed by atoms with van der Waals surface area (Å²) in [6, 6.07) is 9.51. The number of H-pyrrole nitrogens is 1. The Hall–Kier alpha value is -3.92. The van der Waals surface area contributed by atoms with Gasteiger partial charge in [-0.2, -0.15) is 13.2 Å². The fourth-order valence-electron chi connectivity index (χ4n) is 3.68. The highest BCUT2D eigenvalue weighted by atomic mass is 35.5. The molecule has 0 atom stereocenters. The van der Waals surface area contributed by atoms with Gasteiger partial charge in [0.2, 0.25) is 5.91 Å². The summed E-state index contributed by atoms with van der Waals surface area (Å²) in [5.74, 6) is -1.01. The van der Waals surface area contributed by atoms with Crippen molar-refractivity contribution in [1.82, 2.24) is 15.0 Å². The van der Waals surface area contributed by atoms with Crippen LogP contribution in [0.4, 0.5) is 24.5 Å². The van der Waals surface area contributed by atoms with Gasteiger partial charge in [-0.25, -0.2) is 9.97 Å². The van der Waals surface area contributed by atoms with Crippen LogP contribution < -0.4 is 10.6 Å². The number of aromatic amines is 1. The first kappa shape index (κ1) is 25.2. The Balaban J connectivity index is 1.57. The van der Waals surface area contributed by atoms with Crippen molar-refractivity contribution < 1.29 is 22.8 Å². The van der Waals surface area contributed by atoms with E-state index in [4.69, 9.17) is 11.6 Å². The zero-order valence-electron chi connectivity index (χ0n) is 19.4. The average molecular weight is 516 g/mol. The second-order valence-electron chi connectivity index (χ2n) is 8.72. The first-order valence-corrected chi connectivity index (χ1v) is 11.1. The Kier molecular flexibility index (Phi) is 6.48. The molecule has 2 aromatic carbocycles. The Labute approximate surface area is 209 Å². The number of amides is 2. The normalized spacial score (nSPS) is 12.0. The molecular weight excluding hydrogens is 495 g/mol. The molecule has 0 spiro atoms. The van der Waals surface area contributed by atoms with E-state index in [1.54, 1.807) is 39.1 Å². The van der Waals surface area contributed by atoms with Crippen LogP contribution in [0.25, 0.3) is 11.0 Å². The zero-order valence-corrected chi connectivity index (χ0v) is 20.2. The van der Waals surface area contributed by atoms with Crippen molar-refractivity contribution >= 4 is 45.8 Å². The smallest absolute Gasteiger partial charge is 0.346 e. The minimum absolute atomic E-state index is 0.0664. The summed E-state index contributed by atoms with van der Waals surface area (Å²) in [7, 11) is 0. The van der Waals surface area contributed by atoms with E-state index in [9.17, 15) is 22.8 Å². The minimum atomic E-state index is -4.67. The maximum atomic E-state index is 13.3. The van der Waals surface area contributed by atoms with E-state index >= 15 is 0 Å². The lowest BCUT2D eigenvalue weighted by molar-refractivity contribution is -0.137. The molecule has 0 saturated heterocycles. The predicted molar refractivity (Wildman–Crippen MR) is 131 cm³/mol. The summed E-state index contributed by atoms with van der Waals surface area (Å²) < 4.78 is 39.4. The number of hydrogen-bond donors (Lipinski definition) is 3. The highest BCUT2D eigenvalue weighted by Crippen LogP contribution is 2.36. The Bertz CT molecular complexity index is 1480. The summed E-state index contributed by atoms with van der Waals surface area (Å²) in [4.78, 5) is 37.5. The summed E-state index contributed by atoms with van der Waals surface area (Å²) in [5, 5.41) is 5.53. The second kappa shape index (κ2) is 9.27. The highest BCUT2D eigenvalue weighted by molar-refractivity contribution is 6.31. The zero-order chi connectivity index (χ0) is 26.3. The lowest BCUT2D eigenvalue weighted by Gasteiger charge is -2.24. The molecule has 0 bridgehead atoms. The van der Waals surface area contributed by atoms with Crippen molar-refractivity contribution in [3.8, 4) is 0 Å². The van der Waals surface area contributed by atoms with Gasteiger partial charge in [0.1, 0.15) is 12.0 Å². The summed E-state index contributed by atoms with van der Waals surface area (Å²) >= 11 is 5.65. The van der Waals surface area contributed by atoms with Crippen LogP contribution in [0.3, 0.4) is 0 Å². The fraction of sp³-hybridized carbons (Fsp3) is 0.200. The standard InChI is InChI=1S/C25H21ClF3N5O2/c1-13-4-5-14(22(35)33-15-6-7-18(26)17(11-15)25(27,28)29)10-19(13)34-23(36)24(2,3)20-16-8-9-30-21(16)32-12-31-20/h4-12H,1-3H3,(H,33,35)(H,34,36)(H,30,31,32). The SMILES string of the molecule is Cc1ccc(C(=O)Nc2ccc(Cl)c(C(F)(F)F)c2)cc1NC(=O)C(C)(C)c1ncnc2[nH]ccc12. The van der Waals surface area contributed by atoms with Crippen LogP contribution in [-0.4, -0.2) is 26.8 Å². The molecule has 11 heteroatoms. The van der Waals surface area contributed by atoms with Gasteiger partial charge in [0.25, 0.3) is 5.91 Å². The van der Waals surface area contributed by atoms with Gasteiger partial charge in [-0.15, -0.1) is 0 Å². The molecule has 0 saturated carbocycles. The predicted octanol–water partition coefficient (Wildman–Crippen LogP) is 6.11. The summed E-state index contributed by atoms with van der Waals surface area (Å²) in [6.45, 7) is 5.21. The quantitative estimate of drug-likeness (QED) is 0.299. The van der Waals surface area contributed by atoms with Crippen molar-refractivity contribution in [1.29, 1.82) is 0 Å². The molecule has 4 aromatic rings. The van der Waals surface area contributed by atoms with E-state index in [1.807, 2.05) is 0 Å². The molecule has 0 aliphatic heterocycles. The van der Waals surface area contributed by atoms with Gasteiger partial charge in [0.15, 0.2) is 0 Å². The monoisotopic (exact) mass is 515 g/mol. The molecule has 0 aliphatic rings. The van der Waals surface area contributed by atoms with Crippen LogP contribution in [0.1, 0.15) is 41.0 Å². The van der Waals surface area contributed by atoms with Crippen molar-refractivity contribution in [3.63, 3.8) is 0 Å². The first-order chi connectivity index (χ1) is 16.9. The number of aryl methyl sites for hydroxylation is 1. The fourth-order valence-corrected chi connectivity index (χ4v) is 3.90. The molecule has 7 nitrogen and oxygen atoms in total. The average Bonchev–Trinajstić information content (AvgIpc) is 3.29. The number of fused-ring (bicyclic) bond motifs is 1. The molecular formula is C25H21ClF3N5O2. The van der Waals surface area contributed by atoms with Gasteiger partial charge in [-0.1, -0.05) is 17.7 Å². The van der Waals surface area contributed by atoms with E-state index < -0.39 is 28.1 Å². The third kappa shape index (κ3) is 4.90. The molecule has 3 N–H and O–H groups in total. The number of rotatable bonds is 5. The maximum Gasteiger partial charge on any atom is 0.417 e. The van der Waals surface area contributed by atoms with Crippen molar-refractivity contribution in [2.75, 3.05) is 10.6 Å². The molecule has 2 amide bonds. The number of carbonyl (C=O) groups excluding carboxylic acids is 2. The lowest BCUT2D eigenvalue weighted by atomic mass is 9.86. The number of carbonyl (C=O) groups is 2. The molecule has 2 heterocycles. The van der Waals surface area contributed by atoms with Crippen LogP contribution in [0.15, 0.2) is 55.0 Å². The van der Waals surface area contributed by atoms with Gasteiger partial charge < -0.3 is 15.6 Å². The Morgan fingerprint density at radius 1 is 1.00 bits per heavy atom. The number of nitrogens with zero attached hydrogens (tertiary/aromatic N) is 2. The van der Waals surface area contributed by atoms with E-state index in [0.717, 1.165) is 12.1 Å².